The van der Waals surface area contributed by atoms with Gasteiger partial charge in [-0.15, -0.1) is 0 Å². The number of nitrogens with two attached hydrogens (primary N) is 1. The van der Waals surface area contributed by atoms with Gasteiger partial charge in [0.2, 0.25) is 0 Å². The maximum Gasteiger partial charge on any atom is 0.327 e. The first kappa shape index (κ1) is 24.7. The molecule has 0 aliphatic heterocycles. The molecular weight excluding hydrogens is 393 g/mol. The minimum atomic E-state index is -0.873. The van der Waals surface area contributed by atoms with E-state index in [9.17, 15) is 9.67 Å². The van der Waals surface area contributed by atoms with Crippen LogP contribution in [-0.2, 0) is 21.9 Å². The molecular formula is C25H36NO3P. The highest BCUT2D eigenvalue weighted by molar-refractivity contribution is 7.17. The van der Waals surface area contributed by atoms with E-state index in [2.05, 4.69) is 55.5 Å². The number of unbranched alkanes of at least 4 members (excludes halogenated alkanes) is 5. The van der Waals surface area contributed by atoms with E-state index < -0.39 is 14.2 Å². The zero-order chi connectivity index (χ0) is 21.7. The van der Waals surface area contributed by atoms with Crippen molar-refractivity contribution in [3.8, 4) is 11.1 Å². The van der Waals surface area contributed by atoms with E-state index in [-0.39, 0.29) is 13.2 Å². The molecule has 1 unspecified atom stereocenters. The normalized spacial score (nSPS) is 13.4. The van der Waals surface area contributed by atoms with Gasteiger partial charge in [-0.05, 0) is 47.9 Å². The summed E-state index contributed by atoms with van der Waals surface area (Å²) in [7, 11) is -0.411. The standard InChI is InChI=1S/C25H36NO3P/c1-2-3-4-5-6-7-8-21-9-13-23(14-10-21)24-15-11-22(12-16-24)17-18-25(26,19-27)20-29-30-28/h9-16,27H,2-8,17-20,26H2,1H3. The third-order valence-electron chi connectivity index (χ3n) is 5.69. The van der Waals surface area contributed by atoms with Crippen molar-refractivity contribution >= 4 is 8.69 Å². The fourth-order valence-electron chi connectivity index (χ4n) is 3.58. The van der Waals surface area contributed by atoms with Crippen molar-refractivity contribution in [2.45, 2.75) is 70.3 Å². The van der Waals surface area contributed by atoms with Crippen LogP contribution in [0.3, 0.4) is 0 Å². The first-order chi connectivity index (χ1) is 14.6. The average Bonchev–Trinajstić information content (AvgIpc) is 2.79. The Balaban J connectivity index is 1.83. The van der Waals surface area contributed by atoms with Gasteiger partial charge in [-0.3, -0.25) is 4.52 Å². The number of hydrogen-bond acceptors (Lipinski definition) is 4. The van der Waals surface area contributed by atoms with Crippen molar-refractivity contribution < 1.29 is 14.2 Å². The number of benzene rings is 2. The molecule has 0 saturated carbocycles. The minimum absolute atomic E-state index is 0.0672. The third kappa shape index (κ3) is 8.65. The lowest BCUT2D eigenvalue weighted by atomic mass is 9.93. The van der Waals surface area contributed by atoms with Crippen molar-refractivity contribution in [1.82, 2.24) is 0 Å². The smallest absolute Gasteiger partial charge is 0.327 e. The first-order valence-corrected chi connectivity index (χ1v) is 11.9. The molecule has 0 aliphatic carbocycles. The van der Waals surface area contributed by atoms with Crippen LogP contribution in [0.25, 0.3) is 11.1 Å². The van der Waals surface area contributed by atoms with Crippen molar-refractivity contribution in [3.63, 3.8) is 0 Å². The van der Waals surface area contributed by atoms with Crippen LogP contribution in [0.5, 0.6) is 0 Å². The summed E-state index contributed by atoms with van der Waals surface area (Å²) in [6, 6.07) is 17.4. The maximum atomic E-state index is 10.5. The van der Waals surface area contributed by atoms with Crippen LogP contribution in [0, 0.1) is 0 Å². The summed E-state index contributed by atoms with van der Waals surface area (Å²) in [6.45, 7) is 2.12. The molecule has 1 atom stereocenters. The second-order valence-corrected chi connectivity index (χ2v) is 8.69. The molecule has 2 aromatic carbocycles. The van der Waals surface area contributed by atoms with Gasteiger partial charge in [0, 0.05) is 0 Å². The first-order valence-electron chi connectivity index (χ1n) is 11.1. The van der Waals surface area contributed by atoms with Gasteiger partial charge in [-0.1, -0.05) is 87.6 Å². The fourth-order valence-corrected chi connectivity index (χ4v) is 3.89. The summed E-state index contributed by atoms with van der Waals surface area (Å²) in [5.41, 5.74) is 10.2. The van der Waals surface area contributed by atoms with Crippen molar-refractivity contribution in [3.05, 3.63) is 59.7 Å². The van der Waals surface area contributed by atoms with Gasteiger partial charge in [-0.25, -0.2) is 4.57 Å². The molecule has 0 aromatic heterocycles. The average molecular weight is 430 g/mol. The lowest BCUT2D eigenvalue weighted by molar-refractivity contribution is 0.133. The van der Waals surface area contributed by atoms with E-state index in [1.54, 1.807) is 0 Å². The zero-order valence-corrected chi connectivity index (χ0v) is 19.1. The Labute approximate surface area is 183 Å². The van der Waals surface area contributed by atoms with Gasteiger partial charge < -0.3 is 10.8 Å². The summed E-state index contributed by atoms with van der Waals surface area (Å²) in [6.07, 6.45) is 10.4. The molecule has 30 heavy (non-hydrogen) atoms. The molecule has 0 heterocycles. The summed E-state index contributed by atoms with van der Waals surface area (Å²) in [5, 5.41) is 9.50. The topological polar surface area (TPSA) is 72.6 Å². The van der Waals surface area contributed by atoms with Crippen LogP contribution >= 0.6 is 8.69 Å². The highest BCUT2D eigenvalue weighted by Crippen LogP contribution is 2.22. The van der Waals surface area contributed by atoms with Crippen molar-refractivity contribution in [2.24, 2.45) is 5.73 Å². The van der Waals surface area contributed by atoms with Gasteiger partial charge in [-0.2, -0.15) is 0 Å². The van der Waals surface area contributed by atoms with Gasteiger partial charge in [0.05, 0.1) is 18.8 Å². The van der Waals surface area contributed by atoms with E-state index >= 15 is 0 Å². The Hall–Kier alpha value is -1.58. The number of aliphatic hydroxyl groups is 1. The molecule has 0 spiro atoms. The Bertz CT molecular complexity index is 733. The van der Waals surface area contributed by atoms with Gasteiger partial charge in [0.1, 0.15) is 0 Å². The molecule has 2 rings (SSSR count). The molecule has 0 aliphatic rings. The SMILES string of the molecule is CCCCCCCCc1ccc(-c2ccc(CCC(N)(CO)COP=O)cc2)cc1. The second kappa shape index (κ2) is 13.7. The zero-order valence-electron chi connectivity index (χ0n) is 18.2. The van der Waals surface area contributed by atoms with Gasteiger partial charge in [0.15, 0.2) is 0 Å². The summed E-state index contributed by atoms with van der Waals surface area (Å²) in [5.74, 6) is 0. The third-order valence-corrected chi connectivity index (χ3v) is 5.93. The Kier molecular flexibility index (Phi) is 11.2. The highest BCUT2D eigenvalue weighted by atomic mass is 31.1. The number of hydrogen-bond donors (Lipinski definition) is 2. The Morgan fingerprint density at radius 3 is 1.93 bits per heavy atom. The second-order valence-electron chi connectivity index (χ2n) is 8.28. The van der Waals surface area contributed by atoms with E-state index in [0.717, 1.165) is 18.4 Å². The molecule has 0 fully saturated rings. The number of aliphatic hydroxyl groups excluding tert-OH is 1. The predicted octanol–water partition coefficient (Wildman–Crippen LogP) is 6.10. The quantitative estimate of drug-likeness (QED) is 0.265. The summed E-state index contributed by atoms with van der Waals surface area (Å²) in [4.78, 5) is 0. The van der Waals surface area contributed by atoms with Crippen molar-refractivity contribution in [2.75, 3.05) is 13.2 Å². The largest absolute Gasteiger partial charge is 0.394 e. The molecule has 3 N–H and O–H groups in total. The van der Waals surface area contributed by atoms with E-state index in [1.165, 1.54) is 55.2 Å². The Morgan fingerprint density at radius 1 is 0.867 bits per heavy atom. The van der Waals surface area contributed by atoms with Crippen LogP contribution in [0.4, 0.5) is 0 Å². The molecule has 0 bridgehead atoms. The minimum Gasteiger partial charge on any atom is -0.394 e. The molecule has 0 amide bonds. The Morgan fingerprint density at radius 2 is 1.40 bits per heavy atom. The molecule has 4 nitrogen and oxygen atoms in total. The van der Waals surface area contributed by atoms with Crippen LogP contribution in [0.15, 0.2) is 48.5 Å². The van der Waals surface area contributed by atoms with Crippen LogP contribution in [0.1, 0.15) is 63.0 Å². The van der Waals surface area contributed by atoms with E-state index in [0.29, 0.717) is 6.42 Å². The molecule has 2 aromatic rings. The monoisotopic (exact) mass is 429 g/mol. The highest BCUT2D eigenvalue weighted by Gasteiger charge is 2.24. The maximum absolute atomic E-state index is 10.5. The van der Waals surface area contributed by atoms with Crippen LogP contribution in [0.2, 0.25) is 0 Å². The molecule has 0 saturated heterocycles. The van der Waals surface area contributed by atoms with Gasteiger partial charge in [0.25, 0.3) is 0 Å². The fraction of sp³-hybridized carbons (Fsp3) is 0.520. The van der Waals surface area contributed by atoms with Crippen molar-refractivity contribution in [1.29, 1.82) is 0 Å². The van der Waals surface area contributed by atoms with Gasteiger partial charge >= 0.3 is 8.69 Å². The number of rotatable bonds is 15. The molecule has 164 valence electrons. The van der Waals surface area contributed by atoms with E-state index in [4.69, 9.17) is 10.3 Å². The molecule has 0 radical (unpaired) electrons. The lowest BCUT2D eigenvalue weighted by Gasteiger charge is -2.25. The number of aryl methyl sites for hydroxylation is 2. The van der Waals surface area contributed by atoms with E-state index in [1.807, 2.05) is 0 Å². The van der Waals surface area contributed by atoms with Crippen LogP contribution in [-0.4, -0.2) is 23.9 Å². The summed E-state index contributed by atoms with van der Waals surface area (Å²) >= 11 is 0. The van der Waals surface area contributed by atoms with Crippen LogP contribution < -0.4 is 5.73 Å². The molecule has 5 heteroatoms. The summed E-state index contributed by atoms with van der Waals surface area (Å²) < 4.78 is 15.3. The predicted molar refractivity (Wildman–Crippen MR) is 125 cm³/mol. The lowest BCUT2D eigenvalue weighted by Crippen LogP contribution is -2.47.